The van der Waals surface area contributed by atoms with Crippen LogP contribution in [0.1, 0.15) is 39.5 Å². The van der Waals surface area contributed by atoms with Gasteiger partial charge in [0.2, 0.25) is 0 Å². The number of fused-ring (bicyclic) bond motifs is 1. The molecule has 0 atom stereocenters. The highest BCUT2D eigenvalue weighted by molar-refractivity contribution is 6.12. The molecule has 1 N–H and O–H groups in total. The minimum absolute atomic E-state index is 0.0758. The van der Waals surface area contributed by atoms with Crippen LogP contribution in [0.2, 0.25) is 0 Å². The molecule has 1 aliphatic carbocycles. The van der Waals surface area contributed by atoms with Crippen molar-refractivity contribution in [2.45, 2.75) is 17.9 Å². The number of carbonyl (C=O) groups is 1. The number of benzene rings is 3. The van der Waals surface area contributed by atoms with Crippen LogP contribution in [0, 0.1) is 0 Å². The van der Waals surface area contributed by atoms with E-state index in [9.17, 15) is 4.79 Å². The molecule has 0 amide bonds. The quantitative estimate of drug-likeness (QED) is 0.539. The second kappa shape index (κ2) is 6.16. The van der Waals surface area contributed by atoms with Crippen molar-refractivity contribution < 1.29 is 4.79 Å². The second-order valence-electron chi connectivity index (χ2n) is 8.44. The Morgan fingerprint density at radius 3 is 2.14 bits per heavy atom. The fourth-order valence-corrected chi connectivity index (χ4v) is 5.43. The first-order valence-corrected chi connectivity index (χ1v) is 10.2. The Hall–Kier alpha value is -3.17. The highest BCUT2D eigenvalue weighted by Crippen LogP contribution is 2.49. The topological polar surface area (TPSA) is 36.1 Å². The SMILES string of the molecule is O=C1CC2(CN(C(c3ccccc3)c3ccccc3)C2)c2cccc3[nH]cc1c23. The smallest absolute Gasteiger partial charge is 0.166 e. The molecule has 3 heteroatoms. The molecular formula is C26H22N2O. The van der Waals surface area contributed by atoms with Crippen molar-refractivity contribution in [2.75, 3.05) is 13.1 Å². The fourth-order valence-electron chi connectivity index (χ4n) is 5.43. The molecule has 3 aromatic carbocycles. The Bertz CT molecular complexity index is 1160. The number of rotatable bonds is 3. The van der Waals surface area contributed by atoms with Gasteiger partial charge in [0.1, 0.15) is 0 Å². The Morgan fingerprint density at radius 1 is 0.828 bits per heavy atom. The van der Waals surface area contributed by atoms with Crippen molar-refractivity contribution >= 4 is 16.7 Å². The van der Waals surface area contributed by atoms with Crippen molar-refractivity contribution in [3.05, 3.63) is 107 Å². The van der Waals surface area contributed by atoms with Crippen LogP contribution in [-0.2, 0) is 5.41 Å². The van der Waals surface area contributed by atoms with E-state index in [1.165, 1.54) is 16.7 Å². The number of ketones is 1. The number of aromatic amines is 1. The average Bonchev–Trinajstić information content (AvgIpc) is 3.18. The molecule has 6 rings (SSSR count). The molecule has 0 bridgehead atoms. The molecule has 0 radical (unpaired) electrons. The van der Waals surface area contributed by atoms with Gasteiger partial charge in [0, 0.05) is 47.6 Å². The summed E-state index contributed by atoms with van der Waals surface area (Å²) in [5.74, 6) is 0.269. The van der Waals surface area contributed by atoms with E-state index in [1.807, 2.05) is 6.20 Å². The van der Waals surface area contributed by atoms with Gasteiger partial charge in [0.15, 0.2) is 5.78 Å². The molecule has 2 heterocycles. The normalized spacial score (nSPS) is 17.8. The van der Waals surface area contributed by atoms with Crippen molar-refractivity contribution in [3.8, 4) is 0 Å². The van der Waals surface area contributed by atoms with Crippen molar-refractivity contribution in [1.29, 1.82) is 0 Å². The molecule has 1 saturated heterocycles. The number of nitrogens with zero attached hydrogens (tertiary/aromatic N) is 1. The fraction of sp³-hybridized carbons (Fsp3) is 0.192. The van der Waals surface area contributed by atoms with E-state index in [0.29, 0.717) is 6.42 Å². The minimum atomic E-state index is -0.0758. The maximum Gasteiger partial charge on any atom is 0.166 e. The highest BCUT2D eigenvalue weighted by Gasteiger charge is 2.51. The van der Waals surface area contributed by atoms with Crippen LogP contribution in [0.4, 0.5) is 0 Å². The predicted molar refractivity (Wildman–Crippen MR) is 115 cm³/mol. The number of carbonyl (C=O) groups excluding carboxylic acids is 1. The van der Waals surface area contributed by atoms with Crippen LogP contribution >= 0.6 is 0 Å². The van der Waals surface area contributed by atoms with Gasteiger partial charge in [-0.15, -0.1) is 0 Å². The van der Waals surface area contributed by atoms with Crippen LogP contribution in [0.15, 0.2) is 85.1 Å². The van der Waals surface area contributed by atoms with E-state index in [4.69, 9.17) is 0 Å². The minimum Gasteiger partial charge on any atom is -0.360 e. The molecule has 2 aliphatic rings. The molecule has 1 aromatic heterocycles. The summed E-state index contributed by atoms with van der Waals surface area (Å²) < 4.78 is 0. The van der Waals surface area contributed by atoms with Crippen LogP contribution in [0.3, 0.4) is 0 Å². The summed E-state index contributed by atoms with van der Waals surface area (Å²) >= 11 is 0. The number of hydrogen-bond acceptors (Lipinski definition) is 2. The number of Topliss-reactive ketones (excluding diaryl/α,β-unsaturated/α-hetero) is 1. The Labute approximate surface area is 170 Å². The molecule has 1 fully saturated rings. The summed E-state index contributed by atoms with van der Waals surface area (Å²) in [4.78, 5) is 18.7. The van der Waals surface area contributed by atoms with E-state index in [1.54, 1.807) is 0 Å². The third-order valence-electron chi connectivity index (χ3n) is 6.68. The van der Waals surface area contributed by atoms with E-state index in [-0.39, 0.29) is 17.2 Å². The molecule has 0 unspecified atom stereocenters. The maximum absolute atomic E-state index is 12.9. The predicted octanol–water partition coefficient (Wildman–Crippen LogP) is 5.10. The van der Waals surface area contributed by atoms with Gasteiger partial charge in [0.25, 0.3) is 0 Å². The van der Waals surface area contributed by atoms with Crippen LogP contribution in [0.25, 0.3) is 10.9 Å². The van der Waals surface area contributed by atoms with Gasteiger partial charge in [-0.1, -0.05) is 72.8 Å². The van der Waals surface area contributed by atoms with Gasteiger partial charge in [-0.25, -0.2) is 0 Å². The zero-order chi connectivity index (χ0) is 19.4. The molecule has 1 aliphatic heterocycles. The van der Waals surface area contributed by atoms with Gasteiger partial charge in [0.05, 0.1) is 6.04 Å². The number of H-pyrrole nitrogens is 1. The van der Waals surface area contributed by atoms with Gasteiger partial charge in [-0.3, -0.25) is 9.69 Å². The standard InChI is InChI=1S/C26H22N2O/c29-23-14-26(21-12-7-13-22-24(21)20(23)15-27-22)16-28(17-26)25(18-8-3-1-4-9-18)19-10-5-2-6-11-19/h1-13,15,25,27H,14,16-17H2. The lowest BCUT2D eigenvalue weighted by Crippen LogP contribution is -2.61. The number of hydrogen-bond donors (Lipinski definition) is 1. The first kappa shape index (κ1) is 16.8. The first-order chi connectivity index (χ1) is 14.3. The van der Waals surface area contributed by atoms with Crippen LogP contribution < -0.4 is 0 Å². The third kappa shape index (κ3) is 2.44. The zero-order valence-corrected chi connectivity index (χ0v) is 16.1. The zero-order valence-electron chi connectivity index (χ0n) is 16.1. The lowest BCUT2D eigenvalue weighted by Gasteiger charge is -2.55. The summed E-state index contributed by atoms with van der Waals surface area (Å²) in [5, 5.41) is 1.14. The molecular weight excluding hydrogens is 356 g/mol. The summed E-state index contributed by atoms with van der Waals surface area (Å²) in [6, 6.07) is 28.0. The number of likely N-dealkylation sites (tertiary alicyclic amines) is 1. The molecule has 3 nitrogen and oxygen atoms in total. The van der Waals surface area contributed by atoms with Gasteiger partial charge in [-0.05, 0) is 22.8 Å². The molecule has 29 heavy (non-hydrogen) atoms. The Kier molecular flexibility index (Phi) is 3.56. The third-order valence-corrected chi connectivity index (χ3v) is 6.68. The second-order valence-corrected chi connectivity index (χ2v) is 8.44. The first-order valence-electron chi connectivity index (χ1n) is 10.2. The Morgan fingerprint density at radius 2 is 1.48 bits per heavy atom. The molecule has 4 aromatic rings. The molecule has 1 spiro atoms. The molecule has 142 valence electrons. The van der Waals surface area contributed by atoms with Crippen LogP contribution in [-0.4, -0.2) is 28.8 Å². The van der Waals surface area contributed by atoms with Crippen molar-refractivity contribution in [2.24, 2.45) is 0 Å². The lowest BCUT2D eigenvalue weighted by molar-refractivity contribution is 0.0297. The highest BCUT2D eigenvalue weighted by atomic mass is 16.1. The average molecular weight is 378 g/mol. The summed E-state index contributed by atoms with van der Waals surface area (Å²) in [7, 11) is 0. The van der Waals surface area contributed by atoms with E-state index >= 15 is 0 Å². The molecule has 0 saturated carbocycles. The summed E-state index contributed by atoms with van der Waals surface area (Å²) in [6.45, 7) is 1.80. The Balaban J connectivity index is 1.41. The van der Waals surface area contributed by atoms with Crippen molar-refractivity contribution in [1.82, 2.24) is 9.88 Å². The number of nitrogens with one attached hydrogen (secondary N) is 1. The van der Waals surface area contributed by atoms with Crippen molar-refractivity contribution in [3.63, 3.8) is 0 Å². The van der Waals surface area contributed by atoms with Gasteiger partial charge < -0.3 is 4.98 Å². The van der Waals surface area contributed by atoms with E-state index in [0.717, 1.165) is 29.6 Å². The maximum atomic E-state index is 12.9. The summed E-state index contributed by atoms with van der Waals surface area (Å²) in [5.41, 5.74) is 5.80. The number of aromatic nitrogens is 1. The monoisotopic (exact) mass is 378 g/mol. The summed E-state index contributed by atoms with van der Waals surface area (Å²) in [6.07, 6.45) is 2.49. The lowest BCUT2D eigenvalue weighted by atomic mass is 9.64. The van der Waals surface area contributed by atoms with Gasteiger partial charge >= 0.3 is 0 Å². The van der Waals surface area contributed by atoms with E-state index in [2.05, 4.69) is 88.7 Å². The van der Waals surface area contributed by atoms with E-state index < -0.39 is 0 Å². The largest absolute Gasteiger partial charge is 0.360 e. The van der Waals surface area contributed by atoms with Gasteiger partial charge in [-0.2, -0.15) is 0 Å². The van der Waals surface area contributed by atoms with Crippen LogP contribution in [0.5, 0.6) is 0 Å².